The van der Waals surface area contributed by atoms with Gasteiger partial charge < -0.3 is 4.74 Å². The minimum Gasteiger partial charge on any atom is -0.369 e. The average Bonchev–Trinajstić information content (AvgIpc) is 2.97. The predicted molar refractivity (Wildman–Crippen MR) is 86.1 cm³/mol. The predicted octanol–water partition coefficient (Wildman–Crippen LogP) is 1.17. The van der Waals surface area contributed by atoms with E-state index in [4.69, 9.17) is 4.74 Å². The van der Waals surface area contributed by atoms with E-state index in [-0.39, 0.29) is 18.4 Å². The number of hydrogen-bond donors (Lipinski definition) is 1. The number of nitrogens with zero attached hydrogens (tertiary/aromatic N) is 3. The molecule has 2 aromatic rings. The van der Waals surface area contributed by atoms with Gasteiger partial charge in [0.1, 0.15) is 5.69 Å². The second-order valence-corrected chi connectivity index (χ2v) is 7.46. The van der Waals surface area contributed by atoms with Crippen molar-refractivity contribution in [2.75, 3.05) is 12.3 Å². The number of aromatic nitrogens is 3. The molecule has 1 aliphatic heterocycles. The molecule has 0 fully saturated rings. The Morgan fingerprint density at radius 3 is 2.87 bits per heavy atom. The van der Waals surface area contributed by atoms with Gasteiger partial charge in [0.05, 0.1) is 30.7 Å². The Bertz CT molecular complexity index is 758. The molecule has 1 aliphatic rings. The van der Waals surface area contributed by atoms with Gasteiger partial charge in [-0.25, -0.2) is 17.8 Å². The monoisotopic (exact) mass is 336 g/mol. The van der Waals surface area contributed by atoms with E-state index in [1.54, 1.807) is 4.68 Å². The number of ether oxygens (including phenoxy) is 1. The molecule has 0 bridgehead atoms. The second kappa shape index (κ2) is 6.77. The number of fused-ring (bicyclic) bond motifs is 1. The number of benzene rings is 1. The zero-order chi connectivity index (χ0) is 16.3. The van der Waals surface area contributed by atoms with Crippen molar-refractivity contribution in [3.8, 4) is 11.3 Å². The fourth-order valence-electron chi connectivity index (χ4n) is 2.57. The van der Waals surface area contributed by atoms with Gasteiger partial charge in [-0.05, 0) is 6.42 Å². The van der Waals surface area contributed by atoms with Crippen molar-refractivity contribution in [1.82, 2.24) is 19.7 Å². The minimum atomic E-state index is -3.22. The van der Waals surface area contributed by atoms with Gasteiger partial charge in [-0.2, -0.15) is 0 Å². The van der Waals surface area contributed by atoms with Crippen LogP contribution in [0.2, 0.25) is 0 Å². The van der Waals surface area contributed by atoms with Crippen molar-refractivity contribution in [3.63, 3.8) is 0 Å². The zero-order valence-electron chi connectivity index (χ0n) is 13.0. The molecule has 0 unspecified atom stereocenters. The summed E-state index contributed by atoms with van der Waals surface area (Å²) in [6.07, 6.45) is 0.355. The first-order valence-electron chi connectivity index (χ1n) is 7.66. The first-order chi connectivity index (χ1) is 11.1. The van der Waals surface area contributed by atoms with Gasteiger partial charge in [0.25, 0.3) is 0 Å². The molecule has 1 atom stereocenters. The van der Waals surface area contributed by atoms with Crippen LogP contribution in [0, 0.1) is 0 Å². The summed E-state index contributed by atoms with van der Waals surface area (Å²) >= 11 is 0. The molecule has 2 heterocycles. The van der Waals surface area contributed by atoms with Crippen LogP contribution in [-0.4, -0.2) is 41.8 Å². The highest BCUT2D eigenvalue weighted by atomic mass is 32.2. The van der Waals surface area contributed by atoms with Crippen LogP contribution in [-0.2, 0) is 27.9 Å². The Hall–Kier alpha value is -1.77. The third kappa shape index (κ3) is 3.77. The highest BCUT2D eigenvalue weighted by molar-refractivity contribution is 7.89. The van der Waals surface area contributed by atoms with Gasteiger partial charge in [0.15, 0.2) is 0 Å². The van der Waals surface area contributed by atoms with Crippen LogP contribution in [0.5, 0.6) is 0 Å². The fourth-order valence-corrected chi connectivity index (χ4v) is 3.69. The van der Waals surface area contributed by atoms with E-state index in [1.807, 2.05) is 37.3 Å². The average molecular weight is 336 g/mol. The number of hydrogen-bond acceptors (Lipinski definition) is 5. The van der Waals surface area contributed by atoms with Crippen LogP contribution in [0.3, 0.4) is 0 Å². The summed E-state index contributed by atoms with van der Waals surface area (Å²) in [6, 6.07) is 9.83. The normalized spacial score (nSPS) is 17.9. The molecule has 23 heavy (non-hydrogen) atoms. The number of nitrogens with one attached hydrogen (secondary N) is 1. The molecule has 124 valence electrons. The highest BCUT2D eigenvalue weighted by Gasteiger charge is 2.25. The van der Waals surface area contributed by atoms with Crippen LogP contribution >= 0.6 is 0 Å². The zero-order valence-corrected chi connectivity index (χ0v) is 13.8. The molecule has 0 amide bonds. The molecule has 0 saturated heterocycles. The Balaban J connectivity index is 1.68. The third-order valence-corrected chi connectivity index (χ3v) is 5.27. The summed E-state index contributed by atoms with van der Waals surface area (Å²) in [4.78, 5) is 0. The third-order valence-electron chi connectivity index (χ3n) is 3.72. The van der Waals surface area contributed by atoms with Crippen molar-refractivity contribution in [3.05, 3.63) is 36.0 Å². The quantitative estimate of drug-likeness (QED) is 0.856. The molecule has 0 radical (unpaired) electrons. The summed E-state index contributed by atoms with van der Waals surface area (Å²) in [5, 5.41) is 8.41. The van der Waals surface area contributed by atoms with Gasteiger partial charge >= 0.3 is 0 Å². The molecule has 1 aromatic carbocycles. The Labute approximate surface area is 135 Å². The standard InChI is InChI=1S/C15H20N4O3S/c1-2-8-23(20,21)16-9-13-10-19-14(11-22-13)15(17-18-19)12-6-4-3-5-7-12/h3-7,13,16H,2,8-11H2,1H3/t13-/m1/s1. The lowest BCUT2D eigenvalue weighted by molar-refractivity contribution is 0.00432. The van der Waals surface area contributed by atoms with E-state index in [2.05, 4.69) is 15.0 Å². The maximum atomic E-state index is 11.7. The van der Waals surface area contributed by atoms with E-state index in [9.17, 15) is 8.42 Å². The molecule has 8 heteroatoms. The lowest BCUT2D eigenvalue weighted by Gasteiger charge is -2.24. The SMILES string of the molecule is CCCS(=O)(=O)NC[C@@H]1Cn2nnc(-c3ccccc3)c2CO1. The molecule has 0 spiro atoms. The fraction of sp³-hybridized carbons (Fsp3) is 0.467. The molecule has 7 nitrogen and oxygen atoms in total. The van der Waals surface area contributed by atoms with Crippen molar-refractivity contribution in [2.24, 2.45) is 0 Å². The van der Waals surface area contributed by atoms with Crippen molar-refractivity contribution < 1.29 is 13.2 Å². The van der Waals surface area contributed by atoms with Crippen LogP contribution in [0.4, 0.5) is 0 Å². The summed E-state index contributed by atoms with van der Waals surface area (Å²) in [6.45, 7) is 2.95. The Kier molecular flexibility index (Phi) is 4.74. The van der Waals surface area contributed by atoms with E-state index >= 15 is 0 Å². The first kappa shape index (κ1) is 16.1. The van der Waals surface area contributed by atoms with E-state index in [0.717, 1.165) is 17.0 Å². The topological polar surface area (TPSA) is 86.1 Å². The van der Waals surface area contributed by atoms with Crippen LogP contribution in [0.25, 0.3) is 11.3 Å². The molecule has 0 saturated carbocycles. The number of sulfonamides is 1. The molecule has 3 rings (SSSR count). The summed E-state index contributed by atoms with van der Waals surface area (Å²) in [5.41, 5.74) is 2.74. The van der Waals surface area contributed by atoms with Gasteiger partial charge in [-0.3, -0.25) is 0 Å². The van der Waals surface area contributed by atoms with Crippen molar-refractivity contribution >= 4 is 10.0 Å². The molecule has 1 N–H and O–H groups in total. The maximum Gasteiger partial charge on any atom is 0.211 e. The lowest BCUT2D eigenvalue weighted by atomic mass is 10.1. The molecular weight excluding hydrogens is 316 g/mol. The van der Waals surface area contributed by atoms with E-state index < -0.39 is 10.0 Å². The van der Waals surface area contributed by atoms with Crippen LogP contribution in [0.15, 0.2) is 30.3 Å². The smallest absolute Gasteiger partial charge is 0.211 e. The summed E-state index contributed by atoms with van der Waals surface area (Å²) in [5.74, 6) is 0.131. The van der Waals surface area contributed by atoms with Crippen LogP contribution < -0.4 is 4.72 Å². The van der Waals surface area contributed by atoms with Gasteiger partial charge in [0, 0.05) is 12.1 Å². The van der Waals surface area contributed by atoms with Gasteiger partial charge in [-0.1, -0.05) is 42.5 Å². The summed E-state index contributed by atoms with van der Waals surface area (Å²) < 4.78 is 33.6. The lowest BCUT2D eigenvalue weighted by Crippen LogP contribution is -2.39. The minimum absolute atomic E-state index is 0.131. The van der Waals surface area contributed by atoms with Crippen LogP contribution in [0.1, 0.15) is 19.0 Å². The molecule has 0 aliphatic carbocycles. The molecular formula is C15H20N4O3S. The maximum absolute atomic E-state index is 11.7. The Morgan fingerprint density at radius 1 is 1.35 bits per heavy atom. The molecule has 1 aromatic heterocycles. The van der Waals surface area contributed by atoms with E-state index in [0.29, 0.717) is 19.6 Å². The van der Waals surface area contributed by atoms with E-state index in [1.165, 1.54) is 0 Å². The Morgan fingerprint density at radius 2 is 2.13 bits per heavy atom. The van der Waals surface area contributed by atoms with Gasteiger partial charge in [-0.15, -0.1) is 5.10 Å². The largest absolute Gasteiger partial charge is 0.369 e. The summed E-state index contributed by atoms with van der Waals surface area (Å²) in [7, 11) is -3.22. The van der Waals surface area contributed by atoms with Gasteiger partial charge in [0.2, 0.25) is 10.0 Å². The first-order valence-corrected chi connectivity index (χ1v) is 9.31. The second-order valence-electron chi connectivity index (χ2n) is 5.53. The van der Waals surface area contributed by atoms with Crippen molar-refractivity contribution in [2.45, 2.75) is 32.6 Å². The number of rotatable bonds is 6. The van der Waals surface area contributed by atoms with Crippen molar-refractivity contribution in [1.29, 1.82) is 0 Å². The highest BCUT2D eigenvalue weighted by Crippen LogP contribution is 2.24.